The third-order valence-electron chi connectivity index (χ3n) is 1.57. The Morgan fingerprint density at radius 2 is 2.13 bits per heavy atom. The highest BCUT2D eigenvalue weighted by Crippen LogP contribution is 2.13. The lowest BCUT2D eigenvalue weighted by atomic mass is 10.2. The van der Waals surface area contributed by atoms with Gasteiger partial charge in [-0.25, -0.2) is 4.39 Å². The molecule has 0 aliphatic carbocycles. The molecule has 0 unspecified atom stereocenters. The van der Waals surface area contributed by atoms with Crippen LogP contribution in [-0.4, -0.2) is 23.5 Å². The molecule has 1 amide bonds. The van der Waals surface area contributed by atoms with Crippen molar-refractivity contribution in [3.05, 3.63) is 33.1 Å². The summed E-state index contributed by atoms with van der Waals surface area (Å²) >= 11 is 1.87. The Balaban J connectivity index is 2.81. The van der Waals surface area contributed by atoms with Gasteiger partial charge in [-0.05, 0) is 40.8 Å². The maximum Gasteiger partial charge on any atom is 0.322 e. The first-order valence-corrected chi connectivity index (χ1v) is 5.03. The Morgan fingerprint density at radius 3 is 2.73 bits per heavy atom. The number of amides is 1. The molecule has 2 N–H and O–H groups in total. The van der Waals surface area contributed by atoms with E-state index >= 15 is 0 Å². The summed E-state index contributed by atoms with van der Waals surface area (Å²) in [6.45, 7) is -0.481. The number of aliphatic carboxylic acids is 1. The Labute approximate surface area is 98.6 Å². The van der Waals surface area contributed by atoms with E-state index in [0.29, 0.717) is 3.57 Å². The molecule has 0 saturated carbocycles. The normalized spacial score (nSPS) is 9.73. The van der Waals surface area contributed by atoms with Crippen molar-refractivity contribution in [2.75, 3.05) is 6.54 Å². The van der Waals surface area contributed by atoms with Gasteiger partial charge in [0, 0.05) is 3.57 Å². The van der Waals surface area contributed by atoms with E-state index in [2.05, 4.69) is 5.32 Å². The maximum atomic E-state index is 12.8. The number of rotatable bonds is 3. The minimum Gasteiger partial charge on any atom is -0.480 e. The van der Waals surface area contributed by atoms with E-state index in [1.54, 1.807) is 0 Å². The van der Waals surface area contributed by atoms with Gasteiger partial charge in [-0.15, -0.1) is 0 Å². The molecule has 0 fully saturated rings. The topological polar surface area (TPSA) is 66.4 Å². The standard InChI is InChI=1S/C9H7FINO3/c10-5-1-2-7(11)6(3-5)9(15)12-4-8(13)14/h1-3H,4H2,(H,12,15)(H,13,14). The zero-order valence-electron chi connectivity index (χ0n) is 7.46. The van der Waals surface area contributed by atoms with Gasteiger partial charge in [0.25, 0.3) is 5.91 Å². The van der Waals surface area contributed by atoms with Gasteiger partial charge in [-0.3, -0.25) is 9.59 Å². The molecule has 0 heterocycles. The van der Waals surface area contributed by atoms with E-state index < -0.39 is 24.2 Å². The molecule has 80 valence electrons. The van der Waals surface area contributed by atoms with Crippen molar-refractivity contribution in [1.82, 2.24) is 5.32 Å². The summed E-state index contributed by atoms with van der Waals surface area (Å²) in [5, 5.41) is 10.5. The number of carbonyl (C=O) groups is 2. The molecule has 0 atom stereocenters. The van der Waals surface area contributed by atoms with Crippen LogP contribution in [0.5, 0.6) is 0 Å². The first-order valence-electron chi connectivity index (χ1n) is 3.95. The Hall–Kier alpha value is -1.18. The number of halogens is 2. The Morgan fingerprint density at radius 1 is 1.47 bits per heavy atom. The van der Waals surface area contributed by atoms with Crippen molar-refractivity contribution in [3.8, 4) is 0 Å². The lowest BCUT2D eigenvalue weighted by Crippen LogP contribution is -2.29. The number of carboxylic acid groups (broad SMARTS) is 1. The van der Waals surface area contributed by atoms with Crippen LogP contribution in [0.4, 0.5) is 4.39 Å². The van der Waals surface area contributed by atoms with Crippen molar-refractivity contribution < 1.29 is 19.1 Å². The number of benzene rings is 1. The lowest BCUT2D eigenvalue weighted by molar-refractivity contribution is -0.135. The molecule has 1 aromatic rings. The predicted molar refractivity (Wildman–Crippen MR) is 59.1 cm³/mol. The molecule has 0 saturated heterocycles. The quantitative estimate of drug-likeness (QED) is 0.823. The second-order valence-electron chi connectivity index (χ2n) is 2.70. The monoisotopic (exact) mass is 323 g/mol. The highest BCUT2D eigenvalue weighted by molar-refractivity contribution is 14.1. The van der Waals surface area contributed by atoms with Crippen molar-refractivity contribution in [3.63, 3.8) is 0 Å². The van der Waals surface area contributed by atoms with E-state index in [-0.39, 0.29) is 5.56 Å². The molecule has 1 aromatic carbocycles. The molecule has 0 bridgehead atoms. The summed E-state index contributed by atoms with van der Waals surface area (Å²) in [6.07, 6.45) is 0. The molecular weight excluding hydrogens is 316 g/mol. The summed E-state index contributed by atoms with van der Waals surface area (Å²) < 4.78 is 13.4. The molecule has 0 aliphatic heterocycles. The molecule has 1 rings (SSSR count). The second-order valence-corrected chi connectivity index (χ2v) is 3.86. The van der Waals surface area contributed by atoms with Crippen molar-refractivity contribution in [1.29, 1.82) is 0 Å². The smallest absolute Gasteiger partial charge is 0.322 e. The fourth-order valence-electron chi connectivity index (χ4n) is 0.923. The van der Waals surface area contributed by atoms with Crippen LogP contribution in [0.1, 0.15) is 10.4 Å². The van der Waals surface area contributed by atoms with Crippen LogP contribution < -0.4 is 5.32 Å². The first-order chi connectivity index (χ1) is 7.00. The average molecular weight is 323 g/mol. The fraction of sp³-hybridized carbons (Fsp3) is 0.111. The van der Waals surface area contributed by atoms with Gasteiger partial charge in [0.1, 0.15) is 12.4 Å². The molecule has 6 heteroatoms. The summed E-state index contributed by atoms with van der Waals surface area (Å²) in [5.41, 5.74) is 0.136. The first kappa shape index (κ1) is 11.9. The highest BCUT2D eigenvalue weighted by atomic mass is 127. The molecular formula is C9H7FINO3. The van der Waals surface area contributed by atoms with E-state index in [1.807, 2.05) is 22.6 Å². The van der Waals surface area contributed by atoms with E-state index in [1.165, 1.54) is 12.1 Å². The van der Waals surface area contributed by atoms with Crippen LogP contribution in [0.25, 0.3) is 0 Å². The van der Waals surface area contributed by atoms with Gasteiger partial charge in [-0.1, -0.05) is 0 Å². The van der Waals surface area contributed by atoms with Gasteiger partial charge in [-0.2, -0.15) is 0 Å². The molecule has 15 heavy (non-hydrogen) atoms. The summed E-state index contributed by atoms with van der Waals surface area (Å²) in [5.74, 6) is -2.27. The molecule has 0 spiro atoms. The molecule has 4 nitrogen and oxygen atoms in total. The minimum absolute atomic E-state index is 0.136. The van der Waals surface area contributed by atoms with E-state index in [4.69, 9.17) is 5.11 Å². The van der Waals surface area contributed by atoms with E-state index in [9.17, 15) is 14.0 Å². The largest absolute Gasteiger partial charge is 0.480 e. The fourth-order valence-corrected chi connectivity index (χ4v) is 1.50. The molecule has 0 aromatic heterocycles. The van der Waals surface area contributed by atoms with Crippen LogP contribution in [0.2, 0.25) is 0 Å². The van der Waals surface area contributed by atoms with Gasteiger partial charge >= 0.3 is 5.97 Å². The number of hydrogen-bond donors (Lipinski definition) is 2. The van der Waals surface area contributed by atoms with Crippen molar-refractivity contribution in [2.45, 2.75) is 0 Å². The second kappa shape index (κ2) is 5.06. The average Bonchev–Trinajstić information content (AvgIpc) is 2.18. The zero-order chi connectivity index (χ0) is 11.4. The Kier molecular flexibility index (Phi) is 4.01. The lowest BCUT2D eigenvalue weighted by Gasteiger charge is -2.04. The van der Waals surface area contributed by atoms with Gasteiger partial charge in [0.05, 0.1) is 5.56 Å². The van der Waals surface area contributed by atoms with Crippen LogP contribution in [0, 0.1) is 9.39 Å². The van der Waals surface area contributed by atoms with E-state index in [0.717, 1.165) is 6.07 Å². The van der Waals surface area contributed by atoms with Crippen molar-refractivity contribution >= 4 is 34.5 Å². The zero-order valence-corrected chi connectivity index (χ0v) is 9.62. The summed E-state index contributed by atoms with van der Waals surface area (Å²) in [4.78, 5) is 21.6. The Bertz CT molecular complexity index is 408. The van der Waals surface area contributed by atoms with Gasteiger partial charge in [0.15, 0.2) is 0 Å². The van der Waals surface area contributed by atoms with Crippen LogP contribution in [0.3, 0.4) is 0 Å². The molecule has 0 aliphatic rings. The number of carbonyl (C=O) groups excluding carboxylic acids is 1. The predicted octanol–water partition coefficient (Wildman–Crippen LogP) is 1.24. The maximum absolute atomic E-state index is 12.8. The van der Waals surface area contributed by atoms with Crippen LogP contribution in [0.15, 0.2) is 18.2 Å². The minimum atomic E-state index is -1.14. The van der Waals surface area contributed by atoms with Gasteiger partial charge in [0.2, 0.25) is 0 Å². The third-order valence-corrected chi connectivity index (χ3v) is 2.51. The highest BCUT2D eigenvalue weighted by Gasteiger charge is 2.11. The number of nitrogens with one attached hydrogen (secondary N) is 1. The van der Waals surface area contributed by atoms with Crippen molar-refractivity contribution in [2.24, 2.45) is 0 Å². The number of hydrogen-bond acceptors (Lipinski definition) is 2. The SMILES string of the molecule is O=C(O)CNC(=O)c1cc(F)ccc1I. The van der Waals surface area contributed by atoms with Crippen LogP contribution >= 0.6 is 22.6 Å². The third kappa shape index (κ3) is 3.46. The number of carboxylic acids is 1. The summed E-state index contributed by atoms with van der Waals surface area (Å²) in [7, 11) is 0. The summed E-state index contributed by atoms with van der Waals surface area (Å²) in [6, 6.07) is 3.75. The van der Waals surface area contributed by atoms with Crippen LogP contribution in [-0.2, 0) is 4.79 Å². The molecule has 0 radical (unpaired) electrons. The van der Waals surface area contributed by atoms with Gasteiger partial charge < -0.3 is 10.4 Å².